The van der Waals surface area contributed by atoms with E-state index in [2.05, 4.69) is 25.2 Å². The Bertz CT molecular complexity index is 355. The fourth-order valence-corrected chi connectivity index (χ4v) is 3.20. The Labute approximate surface area is 136 Å². The average molecular weight is 306 g/mol. The second-order valence-corrected chi connectivity index (χ2v) is 6.55. The van der Waals surface area contributed by atoms with Crippen LogP contribution in [0.4, 0.5) is 0 Å². The van der Waals surface area contributed by atoms with Crippen LogP contribution in [0.1, 0.15) is 90.4 Å². The van der Waals surface area contributed by atoms with Crippen LogP contribution in [0.5, 0.6) is 0 Å². The minimum Gasteiger partial charge on any atom is -0.481 e. The summed E-state index contributed by atoms with van der Waals surface area (Å²) in [5.74, 6) is 0.0211. The van der Waals surface area contributed by atoms with Gasteiger partial charge in [0.1, 0.15) is 0 Å². The molecule has 1 aliphatic carbocycles. The maximum absolute atomic E-state index is 10.5. The molecule has 0 saturated heterocycles. The minimum atomic E-state index is -0.664. The Kier molecular flexibility index (Phi) is 10.8. The van der Waals surface area contributed by atoms with E-state index in [9.17, 15) is 4.79 Å². The zero-order valence-corrected chi connectivity index (χ0v) is 14.4. The molecule has 0 aromatic rings. The van der Waals surface area contributed by atoms with Crippen molar-refractivity contribution in [1.29, 1.82) is 0 Å². The maximum atomic E-state index is 10.5. The van der Waals surface area contributed by atoms with Crippen molar-refractivity contribution in [2.75, 3.05) is 0 Å². The van der Waals surface area contributed by atoms with Crippen LogP contribution < -0.4 is 0 Å². The number of carboxylic acid groups (broad SMARTS) is 1. The summed E-state index contributed by atoms with van der Waals surface area (Å²) in [6.45, 7) is 2.26. The first kappa shape index (κ1) is 19.0. The predicted octanol–water partition coefficient (Wildman–Crippen LogP) is 6.27. The number of carboxylic acids is 1. The third-order valence-corrected chi connectivity index (χ3v) is 4.56. The largest absolute Gasteiger partial charge is 0.481 e. The van der Waals surface area contributed by atoms with Gasteiger partial charge in [0.15, 0.2) is 0 Å². The highest BCUT2D eigenvalue weighted by atomic mass is 16.4. The average Bonchev–Trinajstić information content (AvgIpc) is 2.93. The van der Waals surface area contributed by atoms with Crippen molar-refractivity contribution in [3.63, 3.8) is 0 Å². The van der Waals surface area contributed by atoms with Crippen LogP contribution >= 0.6 is 0 Å². The maximum Gasteiger partial charge on any atom is 0.303 e. The van der Waals surface area contributed by atoms with Gasteiger partial charge in [0.05, 0.1) is 0 Å². The fraction of sp³-hybridized carbons (Fsp3) is 0.750. The van der Waals surface area contributed by atoms with Crippen molar-refractivity contribution in [2.24, 2.45) is 5.92 Å². The van der Waals surface area contributed by atoms with Crippen LogP contribution in [0.15, 0.2) is 23.8 Å². The van der Waals surface area contributed by atoms with Crippen molar-refractivity contribution < 1.29 is 9.90 Å². The highest BCUT2D eigenvalue weighted by Gasteiger charge is 2.15. The van der Waals surface area contributed by atoms with Crippen molar-refractivity contribution in [1.82, 2.24) is 0 Å². The smallest absolute Gasteiger partial charge is 0.303 e. The van der Waals surface area contributed by atoms with Gasteiger partial charge in [-0.3, -0.25) is 4.79 Å². The van der Waals surface area contributed by atoms with E-state index in [1.165, 1.54) is 57.8 Å². The van der Waals surface area contributed by atoms with Crippen LogP contribution in [-0.4, -0.2) is 11.1 Å². The normalized spacial score (nSPS) is 18.0. The lowest BCUT2D eigenvalue weighted by atomic mass is 9.95. The molecule has 0 aromatic heterocycles. The number of allylic oxidation sites excluding steroid dienone is 4. The van der Waals surface area contributed by atoms with Crippen LogP contribution in [0, 0.1) is 5.92 Å². The van der Waals surface area contributed by atoms with Crippen LogP contribution in [0.25, 0.3) is 0 Å². The zero-order chi connectivity index (χ0) is 16.0. The molecule has 0 fully saturated rings. The number of unbranched alkanes of at least 4 members (excludes halogenated alkanes) is 7. The van der Waals surface area contributed by atoms with Gasteiger partial charge in [0.2, 0.25) is 0 Å². The molecule has 1 N–H and O–H groups in total. The topological polar surface area (TPSA) is 37.3 Å². The van der Waals surface area contributed by atoms with E-state index in [-0.39, 0.29) is 0 Å². The summed E-state index contributed by atoms with van der Waals surface area (Å²) in [7, 11) is 0. The third kappa shape index (κ3) is 9.07. The first-order chi connectivity index (χ1) is 10.7. The molecular formula is C20H34O2. The van der Waals surface area contributed by atoms with Crippen molar-refractivity contribution in [2.45, 2.75) is 90.4 Å². The Morgan fingerprint density at radius 2 is 1.95 bits per heavy atom. The van der Waals surface area contributed by atoms with E-state index in [1.807, 2.05) is 0 Å². The quantitative estimate of drug-likeness (QED) is 0.321. The second-order valence-electron chi connectivity index (χ2n) is 6.55. The van der Waals surface area contributed by atoms with Gasteiger partial charge in [-0.25, -0.2) is 0 Å². The summed E-state index contributed by atoms with van der Waals surface area (Å²) in [5.41, 5.74) is 1.63. The second kappa shape index (κ2) is 12.5. The monoisotopic (exact) mass is 306 g/mol. The molecule has 126 valence electrons. The lowest BCUT2D eigenvalue weighted by molar-refractivity contribution is -0.137. The van der Waals surface area contributed by atoms with Crippen molar-refractivity contribution in [3.8, 4) is 0 Å². The molecule has 1 aliphatic rings. The number of carbonyl (C=O) groups is 1. The Balaban J connectivity index is 2.09. The molecule has 0 aromatic carbocycles. The van der Waals surface area contributed by atoms with Crippen LogP contribution in [-0.2, 0) is 4.79 Å². The van der Waals surface area contributed by atoms with Crippen molar-refractivity contribution in [3.05, 3.63) is 23.8 Å². The van der Waals surface area contributed by atoms with Crippen molar-refractivity contribution >= 4 is 5.97 Å². The van der Waals surface area contributed by atoms with Gasteiger partial charge in [-0.2, -0.15) is 0 Å². The van der Waals surface area contributed by atoms with Gasteiger partial charge < -0.3 is 5.11 Å². The van der Waals surface area contributed by atoms with Gasteiger partial charge in [0, 0.05) is 6.42 Å². The SMILES string of the molecule is CCCCCC/C=C/[C@H]1CCC=C1CCCCCCC(=O)O. The van der Waals surface area contributed by atoms with Gasteiger partial charge in [0.25, 0.3) is 0 Å². The summed E-state index contributed by atoms with van der Waals surface area (Å²) in [4.78, 5) is 10.5. The predicted molar refractivity (Wildman–Crippen MR) is 94.0 cm³/mol. The summed E-state index contributed by atoms with van der Waals surface area (Å²) in [6, 6.07) is 0. The Morgan fingerprint density at radius 1 is 1.18 bits per heavy atom. The molecule has 0 bridgehead atoms. The van der Waals surface area contributed by atoms with Gasteiger partial charge >= 0.3 is 5.97 Å². The number of rotatable bonds is 13. The Morgan fingerprint density at radius 3 is 2.73 bits per heavy atom. The first-order valence-electron chi connectivity index (χ1n) is 9.31. The number of hydrogen-bond donors (Lipinski definition) is 1. The summed E-state index contributed by atoms with van der Waals surface area (Å²) < 4.78 is 0. The van der Waals surface area contributed by atoms with Crippen LogP contribution in [0.2, 0.25) is 0 Å². The summed E-state index contributed by atoms with van der Waals surface area (Å²) in [5, 5.41) is 8.61. The highest BCUT2D eigenvalue weighted by molar-refractivity contribution is 5.66. The van der Waals surface area contributed by atoms with E-state index in [4.69, 9.17) is 5.11 Å². The lowest BCUT2D eigenvalue weighted by Gasteiger charge is -2.10. The Hall–Kier alpha value is -1.05. The highest BCUT2D eigenvalue weighted by Crippen LogP contribution is 2.31. The number of hydrogen-bond acceptors (Lipinski definition) is 1. The molecule has 1 rings (SSSR count). The van der Waals surface area contributed by atoms with E-state index in [0.29, 0.717) is 12.3 Å². The van der Waals surface area contributed by atoms with E-state index >= 15 is 0 Å². The molecule has 22 heavy (non-hydrogen) atoms. The molecule has 0 radical (unpaired) electrons. The number of aliphatic carboxylic acids is 1. The van der Waals surface area contributed by atoms with Gasteiger partial charge in [-0.1, -0.05) is 62.8 Å². The van der Waals surface area contributed by atoms with E-state index < -0.39 is 5.97 Å². The standard InChI is InChI=1S/C20H34O2/c1-2-3-4-5-6-9-13-18-15-12-16-19(18)14-10-7-8-11-17-20(21)22/h9,13,16,18H,2-8,10-12,14-15,17H2,1H3,(H,21,22)/b13-9+/t18-/m0/s1. The zero-order valence-electron chi connectivity index (χ0n) is 14.4. The minimum absolute atomic E-state index is 0.325. The molecule has 2 heteroatoms. The molecular weight excluding hydrogens is 272 g/mol. The fourth-order valence-electron chi connectivity index (χ4n) is 3.20. The molecule has 0 aliphatic heterocycles. The molecule has 1 atom stereocenters. The molecule has 0 saturated carbocycles. The lowest BCUT2D eigenvalue weighted by Crippen LogP contribution is -1.96. The molecule has 0 amide bonds. The van der Waals surface area contributed by atoms with Gasteiger partial charge in [-0.05, 0) is 50.9 Å². The van der Waals surface area contributed by atoms with E-state index in [1.54, 1.807) is 5.57 Å². The molecule has 0 spiro atoms. The molecule has 0 unspecified atom stereocenters. The molecule has 2 nitrogen and oxygen atoms in total. The van der Waals surface area contributed by atoms with Crippen LogP contribution in [0.3, 0.4) is 0 Å². The van der Waals surface area contributed by atoms with E-state index in [0.717, 1.165) is 19.3 Å². The molecule has 0 heterocycles. The summed E-state index contributed by atoms with van der Waals surface area (Å²) in [6.07, 6.45) is 22.2. The summed E-state index contributed by atoms with van der Waals surface area (Å²) >= 11 is 0. The first-order valence-corrected chi connectivity index (χ1v) is 9.31. The van der Waals surface area contributed by atoms with Gasteiger partial charge in [-0.15, -0.1) is 0 Å². The third-order valence-electron chi connectivity index (χ3n) is 4.56.